The number of hydrogen-bond donors (Lipinski definition) is 2. The quantitative estimate of drug-likeness (QED) is 0.551. The van der Waals surface area contributed by atoms with Crippen LogP contribution in [-0.2, 0) is 9.84 Å². The number of sulfone groups is 1. The van der Waals surface area contributed by atoms with Crippen LogP contribution in [0.3, 0.4) is 0 Å². The van der Waals surface area contributed by atoms with E-state index in [1.807, 2.05) is 6.92 Å². The van der Waals surface area contributed by atoms with Crippen LogP contribution in [-0.4, -0.2) is 45.5 Å². The summed E-state index contributed by atoms with van der Waals surface area (Å²) in [6.07, 6.45) is 3.04. The maximum absolute atomic E-state index is 11.4. The zero-order valence-electron chi connectivity index (χ0n) is 13.0. The molecule has 1 aliphatic rings. The van der Waals surface area contributed by atoms with E-state index < -0.39 is 9.84 Å². The van der Waals surface area contributed by atoms with Gasteiger partial charge in [-0.05, 0) is 25.2 Å². The van der Waals surface area contributed by atoms with E-state index in [0.717, 1.165) is 38.3 Å². The van der Waals surface area contributed by atoms with Crippen molar-refractivity contribution in [2.45, 2.75) is 40.0 Å². The fraction of sp³-hybridized carbons (Fsp3) is 0.929. The van der Waals surface area contributed by atoms with Gasteiger partial charge in [-0.3, -0.25) is 4.99 Å². The molecule has 118 valence electrons. The number of aliphatic imine (C=N–C) groups is 1. The zero-order valence-corrected chi connectivity index (χ0v) is 13.8. The molecule has 0 amide bonds. The van der Waals surface area contributed by atoms with Crippen molar-refractivity contribution in [3.05, 3.63) is 0 Å². The van der Waals surface area contributed by atoms with Crippen molar-refractivity contribution in [1.82, 2.24) is 10.6 Å². The van der Waals surface area contributed by atoms with Crippen LogP contribution >= 0.6 is 0 Å². The van der Waals surface area contributed by atoms with E-state index in [1.54, 1.807) is 0 Å². The van der Waals surface area contributed by atoms with Gasteiger partial charge in [0.15, 0.2) is 15.8 Å². The van der Waals surface area contributed by atoms with Gasteiger partial charge in [-0.2, -0.15) is 0 Å². The van der Waals surface area contributed by atoms with E-state index >= 15 is 0 Å². The van der Waals surface area contributed by atoms with Crippen LogP contribution in [0.2, 0.25) is 0 Å². The van der Waals surface area contributed by atoms with Crippen LogP contribution in [0.25, 0.3) is 0 Å². The van der Waals surface area contributed by atoms with Crippen molar-refractivity contribution in [2.75, 3.05) is 31.1 Å². The summed E-state index contributed by atoms with van der Waals surface area (Å²) in [5.74, 6) is 2.30. The molecular formula is C14H29N3O2S. The van der Waals surface area contributed by atoms with Crippen LogP contribution in [0, 0.1) is 11.8 Å². The Morgan fingerprint density at radius 3 is 2.45 bits per heavy atom. The lowest BCUT2D eigenvalue weighted by Crippen LogP contribution is -2.40. The fourth-order valence-corrected chi connectivity index (χ4v) is 4.24. The lowest BCUT2D eigenvalue weighted by molar-refractivity contribution is 0.502. The highest BCUT2D eigenvalue weighted by atomic mass is 32.2. The molecule has 1 saturated heterocycles. The maximum Gasteiger partial charge on any atom is 0.191 e. The van der Waals surface area contributed by atoms with Crippen molar-refractivity contribution in [2.24, 2.45) is 16.8 Å². The van der Waals surface area contributed by atoms with E-state index in [0.29, 0.717) is 24.0 Å². The molecular weight excluding hydrogens is 274 g/mol. The van der Waals surface area contributed by atoms with E-state index in [2.05, 4.69) is 29.5 Å². The summed E-state index contributed by atoms with van der Waals surface area (Å²) < 4.78 is 22.9. The highest BCUT2D eigenvalue weighted by Crippen LogP contribution is 2.17. The molecule has 1 rings (SSSR count). The highest BCUT2D eigenvalue weighted by molar-refractivity contribution is 7.91. The molecule has 0 aromatic carbocycles. The number of rotatable bonds is 7. The molecule has 0 aromatic rings. The van der Waals surface area contributed by atoms with Gasteiger partial charge >= 0.3 is 0 Å². The third-order valence-electron chi connectivity index (χ3n) is 3.89. The molecule has 0 radical (unpaired) electrons. The Labute approximate surface area is 123 Å². The van der Waals surface area contributed by atoms with Gasteiger partial charge in [0, 0.05) is 19.6 Å². The first-order valence-electron chi connectivity index (χ1n) is 7.73. The molecule has 1 fully saturated rings. The van der Waals surface area contributed by atoms with Crippen molar-refractivity contribution in [3.8, 4) is 0 Å². The molecule has 2 N–H and O–H groups in total. The monoisotopic (exact) mass is 303 g/mol. The number of guanidine groups is 1. The van der Waals surface area contributed by atoms with Crippen molar-refractivity contribution >= 4 is 15.8 Å². The van der Waals surface area contributed by atoms with Crippen LogP contribution in [0.5, 0.6) is 0 Å². The Morgan fingerprint density at radius 2 is 1.95 bits per heavy atom. The Morgan fingerprint density at radius 1 is 1.25 bits per heavy atom. The van der Waals surface area contributed by atoms with Gasteiger partial charge in [0.05, 0.1) is 11.5 Å². The SMILES string of the molecule is CCNC(=NCC(CC)CC)NCC1CCS(=O)(=O)C1. The van der Waals surface area contributed by atoms with Crippen molar-refractivity contribution in [3.63, 3.8) is 0 Å². The van der Waals surface area contributed by atoms with E-state index in [9.17, 15) is 8.42 Å². The summed E-state index contributed by atoms with van der Waals surface area (Å²) in [5.41, 5.74) is 0. The van der Waals surface area contributed by atoms with Gasteiger partial charge in [-0.25, -0.2) is 8.42 Å². The third kappa shape index (κ3) is 6.11. The summed E-state index contributed by atoms with van der Waals surface area (Å²) in [6.45, 7) is 8.74. The molecule has 0 aliphatic carbocycles. The van der Waals surface area contributed by atoms with Gasteiger partial charge in [0.1, 0.15) is 0 Å². The Hall–Kier alpha value is -0.780. The van der Waals surface area contributed by atoms with E-state index in [-0.39, 0.29) is 5.92 Å². The van der Waals surface area contributed by atoms with E-state index in [1.165, 1.54) is 0 Å². The van der Waals surface area contributed by atoms with Crippen molar-refractivity contribution < 1.29 is 8.42 Å². The fourth-order valence-electron chi connectivity index (χ4n) is 2.38. The van der Waals surface area contributed by atoms with Gasteiger partial charge < -0.3 is 10.6 Å². The van der Waals surface area contributed by atoms with E-state index in [4.69, 9.17) is 0 Å². The minimum absolute atomic E-state index is 0.219. The minimum Gasteiger partial charge on any atom is -0.357 e. The second-order valence-corrected chi connectivity index (χ2v) is 7.78. The Balaban J connectivity index is 2.44. The molecule has 1 atom stereocenters. The van der Waals surface area contributed by atoms with Crippen molar-refractivity contribution in [1.29, 1.82) is 0 Å². The first-order valence-corrected chi connectivity index (χ1v) is 9.55. The molecule has 0 spiro atoms. The van der Waals surface area contributed by atoms with Gasteiger partial charge in [-0.1, -0.05) is 26.7 Å². The average molecular weight is 303 g/mol. The van der Waals surface area contributed by atoms with Crippen LogP contribution < -0.4 is 10.6 Å². The molecule has 1 unspecified atom stereocenters. The molecule has 0 bridgehead atoms. The number of hydrogen-bond acceptors (Lipinski definition) is 3. The third-order valence-corrected chi connectivity index (χ3v) is 5.73. The summed E-state index contributed by atoms with van der Waals surface area (Å²) in [7, 11) is -2.79. The number of nitrogens with one attached hydrogen (secondary N) is 2. The second-order valence-electron chi connectivity index (χ2n) is 5.55. The normalized spacial score (nSPS) is 22.2. The smallest absolute Gasteiger partial charge is 0.191 e. The molecule has 0 saturated carbocycles. The van der Waals surface area contributed by atoms with Gasteiger partial charge in [-0.15, -0.1) is 0 Å². The predicted octanol–water partition coefficient (Wildman–Crippen LogP) is 1.41. The first kappa shape index (κ1) is 17.3. The summed E-state index contributed by atoms with van der Waals surface area (Å²) in [5, 5.41) is 6.50. The molecule has 1 heterocycles. The van der Waals surface area contributed by atoms with Gasteiger partial charge in [0.25, 0.3) is 0 Å². The lowest BCUT2D eigenvalue weighted by Gasteiger charge is -2.15. The highest BCUT2D eigenvalue weighted by Gasteiger charge is 2.27. The molecule has 6 heteroatoms. The molecule has 20 heavy (non-hydrogen) atoms. The average Bonchev–Trinajstić information content (AvgIpc) is 2.76. The number of nitrogens with zero attached hydrogens (tertiary/aromatic N) is 1. The van der Waals surface area contributed by atoms with Gasteiger partial charge in [0.2, 0.25) is 0 Å². The lowest BCUT2D eigenvalue weighted by atomic mass is 10.0. The molecule has 1 aliphatic heterocycles. The zero-order chi connectivity index (χ0) is 15.0. The molecule has 5 nitrogen and oxygen atoms in total. The first-order chi connectivity index (χ1) is 9.50. The second kappa shape index (κ2) is 8.49. The van der Waals surface area contributed by atoms with Crippen LogP contribution in [0.15, 0.2) is 4.99 Å². The summed E-state index contributed by atoms with van der Waals surface area (Å²) in [6, 6.07) is 0. The molecule has 0 aromatic heterocycles. The largest absolute Gasteiger partial charge is 0.357 e. The van der Waals surface area contributed by atoms with Crippen LogP contribution in [0.4, 0.5) is 0 Å². The summed E-state index contributed by atoms with van der Waals surface area (Å²) in [4.78, 5) is 4.60. The van der Waals surface area contributed by atoms with Crippen LogP contribution in [0.1, 0.15) is 40.0 Å². The summed E-state index contributed by atoms with van der Waals surface area (Å²) >= 11 is 0. The Bertz CT molecular complexity index is 403. The standard InChI is InChI=1S/C14H29N3O2S/c1-4-12(5-2)9-16-14(15-6-3)17-10-13-7-8-20(18,19)11-13/h12-13H,4-11H2,1-3H3,(H2,15,16,17). The topological polar surface area (TPSA) is 70.6 Å². The minimum atomic E-state index is -2.79. The predicted molar refractivity (Wildman–Crippen MR) is 84.8 cm³/mol. The maximum atomic E-state index is 11.4. The Kier molecular flexibility index (Phi) is 7.34.